The molecular weight excluding hydrogens is 480 g/mol. The Balaban J connectivity index is 1.60. The number of rotatable bonds is 11. The number of anilines is 2. The van der Waals surface area contributed by atoms with Gasteiger partial charge in [0.05, 0.1) is 22.2 Å². The van der Waals surface area contributed by atoms with Crippen molar-refractivity contribution in [2.45, 2.75) is 46.1 Å². The van der Waals surface area contributed by atoms with Crippen molar-refractivity contribution in [1.29, 1.82) is 0 Å². The molecule has 1 aromatic carbocycles. The van der Waals surface area contributed by atoms with E-state index in [4.69, 9.17) is 26.6 Å². The van der Waals surface area contributed by atoms with Gasteiger partial charge in [-0.15, -0.1) is 11.3 Å². The molecular formula is C26H31ClN6OS. The van der Waals surface area contributed by atoms with Crippen LogP contribution in [0.5, 0.6) is 0 Å². The predicted octanol–water partition coefficient (Wildman–Crippen LogP) is 5.97. The van der Waals surface area contributed by atoms with Crippen molar-refractivity contribution in [3.8, 4) is 10.6 Å². The van der Waals surface area contributed by atoms with E-state index in [0.717, 1.165) is 56.6 Å². The fourth-order valence-electron chi connectivity index (χ4n) is 3.97. The Morgan fingerprint density at radius 2 is 1.91 bits per heavy atom. The first-order chi connectivity index (χ1) is 17.0. The number of aromatic nitrogens is 4. The highest BCUT2D eigenvalue weighted by Gasteiger charge is 2.19. The van der Waals surface area contributed by atoms with Crippen molar-refractivity contribution >= 4 is 44.9 Å². The predicted molar refractivity (Wildman–Crippen MR) is 145 cm³/mol. The first-order valence-electron chi connectivity index (χ1n) is 11.9. The molecule has 3 N–H and O–H groups in total. The van der Waals surface area contributed by atoms with E-state index in [1.807, 2.05) is 37.3 Å². The number of aryl methyl sites for hydroxylation is 1. The van der Waals surface area contributed by atoms with Gasteiger partial charge in [0.25, 0.3) is 0 Å². The van der Waals surface area contributed by atoms with Crippen LogP contribution in [0.4, 0.5) is 11.8 Å². The molecule has 0 aliphatic carbocycles. The maximum Gasteiger partial charge on any atom is 0.225 e. The van der Waals surface area contributed by atoms with Crippen molar-refractivity contribution in [1.82, 2.24) is 19.9 Å². The molecule has 2 atom stereocenters. The molecule has 7 nitrogen and oxygen atoms in total. The lowest BCUT2D eigenvalue weighted by molar-refractivity contribution is 0.217. The molecule has 3 aromatic heterocycles. The van der Waals surface area contributed by atoms with Gasteiger partial charge in [-0.05, 0) is 56.4 Å². The van der Waals surface area contributed by atoms with Crippen molar-refractivity contribution in [2.75, 3.05) is 23.8 Å². The fraction of sp³-hybridized carbons (Fsp3) is 0.385. The van der Waals surface area contributed by atoms with Gasteiger partial charge in [-0.3, -0.25) is 4.98 Å². The Morgan fingerprint density at radius 3 is 2.63 bits per heavy atom. The Kier molecular flexibility index (Phi) is 8.49. The van der Waals surface area contributed by atoms with E-state index in [1.54, 1.807) is 23.7 Å². The highest BCUT2D eigenvalue weighted by molar-refractivity contribution is 7.21. The van der Waals surface area contributed by atoms with Gasteiger partial charge in [0.15, 0.2) is 0 Å². The van der Waals surface area contributed by atoms with E-state index >= 15 is 0 Å². The van der Waals surface area contributed by atoms with E-state index in [9.17, 15) is 5.11 Å². The lowest BCUT2D eigenvalue weighted by Crippen LogP contribution is -2.21. The minimum Gasteiger partial charge on any atom is -0.396 e. The van der Waals surface area contributed by atoms with Crippen LogP contribution in [0.25, 0.3) is 20.8 Å². The Hall–Kier alpha value is -2.81. The third-order valence-electron chi connectivity index (χ3n) is 6.00. The molecule has 3 heterocycles. The molecule has 2 unspecified atom stereocenters. The quantitative estimate of drug-likeness (QED) is 0.228. The topological polar surface area (TPSA) is 95.8 Å². The van der Waals surface area contributed by atoms with E-state index in [-0.39, 0.29) is 18.6 Å². The monoisotopic (exact) mass is 510 g/mol. The van der Waals surface area contributed by atoms with Gasteiger partial charge >= 0.3 is 0 Å². The maximum atomic E-state index is 9.58. The molecule has 0 saturated heterocycles. The van der Waals surface area contributed by atoms with Gasteiger partial charge < -0.3 is 15.7 Å². The van der Waals surface area contributed by atoms with E-state index < -0.39 is 0 Å². The minimum atomic E-state index is 0.127. The van der Waals surface area contributed by atoms with E-state index in [2.05, 4.69) is 29.5 Å². The van der Waals surface area contributed by atoms with Gasteiger partial charge in [-0.1, -0.05) is 37.1 Å². The lowest BCUT2D eigenvalue weighted by atomic mass is 10.0. The second-order valence-corrected chi connectivity index (χ2v) is 10.2. The van der Waals surface area contributed by atoms with Crippen molar-refractivity contribution in [2.24, 2.45) is 5.92 Å². The largest absolute Gasteiger partial charge is 0.396 e. The SMILES string of the molecule is CCC(CO)CCNc1nc(NC(C)Cc2ccc(Cl)cc2)nc(C)c1-c1nc2cnccc2s1. The van der Waals surface area contributed by atoms with E-state index in [1.165, 1.54) is 5.56 Å². The van der Waals surface area contributed by atoms with Crippen LogP contribution in [0.15, 0.2) is 42.7 Å². The highest BCUT2D eigenvalue weighted by atomic mass is 35.5. The summed E-state index contributed by atoms with van der Waals surface area (Å²) in [6.07, 6.45) is 6.17. The molecule has 0 spiro atoms. The number of halogens is 1. The number of nitrogens with one attached hydrogen (secondary N) is 2. The van der Waals surface area contributed by atoms with Gasteiger partial charge in [0, 0.05) is 30.4 Å². The molecule has 0 amide bonds. The van der Waals surface area contributed by atoms with Gasteiger partial charge in [-0.2, -0.15) is 4.98 Å². The Morgan fingerprint density at radius 1 is 1.11 bits per heavy atom. The number of thiazole rings is 1. The van der Waals surface area contributed by atoms with Crippen LogP contribution >= 0.6 is 22.9 Å². The summed E-state index contributed by atoms with van der Waals surface area (Å²) in [5.41, 5.74) is 3.81. The third-order valence-corrected chi connectivity index (χ3v) is 7.31. The van der Waals surface area contributed by atoms with Crippen LogP contribution < -0.4 is 10.6 Å². The second kappa shape index (κ2) is 11.7. The molecule has 0 radical (unpaired) electrons. The average Bonchev–Trinajstić information content (AvgIpc) is 3.26. The van der Waals surface area contributed by atoms with Crippen LogP contribution in [0.2, 0.25) is 5.02 Å². The number of hydrogen-bond acceptors (Lipinski definition) is 8. The third kappa shape index (κ3) is 6.45. The number of fused-ring (bicyclic) bond motifs is 1. The summed E-state index contributed by atoms with van der Waals surface area (Å²) in [6.45, 7) is 7.09. The standard InChI is InChI=1S/C26H31ClN6OS/c1-4-18(15-34)9-12-29-24-23(25-32-21-14-28-11-10-22(21)35-25)17(3)31-26(33-24)30-16(2)13-19-5-7-20(27)8-6-19/h5-8,10-11,14,16,18,34H,4,9,12-13,15H2,1-3H3,(H2,29,30,31,33). The van der Waals surface area contributed by atoms with Gasteiger partial charge in [0.2, 0.25) is 5.95 Å². The van der Waals surface area contributed by atoms with Gasteiger partial charge in [-0.25, -0.2) is 9.97 Å². The van der Waals surface area contributed by atoms with Crippen molar-refractivity contribution in [3.05, 3.63) is 59.0 Å². The summed E-state index contributed by atoms with van der Waals surface area (Å²) in [4.78, 5) is 18.6. The molecule has 35 heavy (non-hydrogen) atoms. The summed E-state index contributed by atoms with van der Waals surface area (Å²) >= 11 is 7.63. The normalized spacial score (nSPS) is 13.1. The van der Waals surface area contributed by atoms with Crippen LogP contribution in [0.3, 0.4) is 0 Å². The first kappa shape index (κ1) is 25.3. The van der Waals surface area contributed by atoms with Crippen LogP contribution in [0, 0.1) is 12.8 Å². The summed E-state index contributed by atoms with van der Waals surface area (Å²) in [7, 11) is 0. The zero-order valence-electron chi connectivity index (χ0n) is 20.3. The molecule has 0 bridgehead atoms. The Bertz CT molecular complexity index is 1230. The molecule has 4 aromatic rings. The zero-order chi connectivity index (χ0) is 24.8. The van der Waals surface area contributed by atoms with Gasteiger partial charge in [0.1, 0.15) is 16.3 Å². The lowest BCUT2D eigenvalue weighted by Gasteiger charge is -2.18. The van der Waals surface area contributed by atoms with Crippen LogP contribution in [-0.2, 0) is 6.42 Å². The molecule has 0 aliphatic rings. The number of aliphatic hydroxyl groups is 1. The second-order valence-electron chi connectivity index (χ2n) is 8.77. The highest BCUT2D eigenvalue weighted by Crippen LogP contribution is 2.36. The zero-order valence-corrected chi connectivity index (χ0v) is 21.8. The summed E-state index contributed by atoms with van der Waals surface area (Å²) in [5.74, 6) is 1.59. The summed E-state index contributed by atoms with van der Waals surface area (Å²) in [6, 6.07) is 9.99. The van der Waals surface area contributed by atoms with Crippen LogP contribution in [0.1, 0.15) is 37.9 Å². The molecule has 0 fully saturated rings. The van der Waals surface area contributed by atoms with E-state index in [0.29, 0.717) is 12.5 Å². The molecule has 9 heteroatoms. The number of benzene rings is 1. The van der Waals surface area contributed by atoms with Crippen LogP contribution in [-0.4, -0.2) is 44.2 Å². The summed E-state index contributed by atoms with van der Waals surface area (Å²) < 4.78 is 1.07. The Labute approximate surface area is 215 Å². The average molecular weight is 511 g/mol. The molecule has 4 rings (SSSR count). The smallest absolute Gasteiger partial charge is 0.225 e. The number of nitrogens with zero attached hydrogens (tertiary/aromatic N) is 4. The molecule has 0 saturated carbocycles. The number of pyridine rings is 1. The van der Waals surface area contributed by atoms with Crippen molar-refractivity contribution in [3.63, 3.8) is 0 Å². The molecule has 184 valence electrons. The maximum absolute atomic E-state index is 9.58. The molecule has 0 aliphatic heterocycles. The number of hydrogen-bond donors (Lipinski definition) is 3. The minimum absolute atomic E-state index is 0.127. The number of aliphatic hydroxyl groups excluding tert-OH is 1. The first-order valence-corrected chi connectivity index (χ1v) is 13.1. The summed E-state index contributed by atoms with van der Waals surface area (Å²) in [5, 5.41) is 18.1. The fourth-order valence-corrected chi connectivity index (χ4v) is 5.13. The van der Waals surface area contributed by atoms with Crippen molar-refractivity contribution < 1.29 is 5.11 Å².